The average Bonchev–Trinajstić information content (AvgIpc) is 2.95. The summed E-state index contributed by atoms with van der Waals surface area (Å²) in [5.74, 6) is 1.71. The van der Waals surface area contributed by atoms with Crippen LogP contribution in [0.5, 0.6) is 0 Å². The molecule has 0 aromatic carbocycles. The molecule has 2 atom stereocenters. The monoisotopic (exact) mass is 252 g/mol. The number of hydrogen-bond acceptors (Lipinski definition) is 2. The lowest BCUT2D eigenvalue weighted by Gasteiger charge is -2.29. The van der Waals surface area contributed by atoms with Gasteiger partial charge in [0.15, 0.2) is 0 Å². The van der Waals surface area contributed by atoms with Crippen LogP contribution in [0.2, 0.25) is 0 Å². The van der Waals surface area contributed by atoms with Crippen LogP contribution in [0.4, 0.5) is 0 Å². The maximum Gasteiger partial charge on any atom is 0.222 e. The van der Waals surface area contributed by atoms with E-state index in [1.807, 2.05) is 0 Å². The molecular weight excluding hydrogens is 224 g/mol. The molecule has 1 heterocycles. The Morgan fingerprint density at radius 1 is 1.39 bits per heavy atom. The number of rotatable bonds is 6. The highest BCUT2D eigenvalue weighted by Gasteiger charge is 2.31. The van der Waals surface area contributed by atoms with Crippen LogP contribution in [0.15, 0.2) is 0 Å². The lowest BCUT2D eigenvalue weighted by atomic mass is 9.97. The summed E-state index contributed by atoms with van der Waals surface area (Å²) in [6.45, 7) is 7.38. The van der Waals surface area contributed by atoms with E-state index in [-0.39, 0.29) is 0 Å². The SMILES string of the molecule is CCCNC(CN1CC(C)CC1=O)C1CCCC1. The van der Waals surface area contributed by atoms with E-state index in [9.17, 15) is 4.79 Å². The molecule has 1 aliphatic carbocycles. The molecule has 2 unspecified atom stereocenters. The zero-order valence-electron chi connectivity index (χ0n) is 12.0. The van der Waals surface area contributed by atoms with Crippen LogP contribution in [-0.2, 0) is 4.79 Å². The van der Waals surface area contributed by atoms with Gasteiger partial charge in [-0.1, -0.05) is 26.7 Å². The van der Waals surface area contributed by atoms with Gasteiger partial charge in [0.2, 0.25) is 5.91 Å². The van der Waals surface area contributed by atoms with Crippen molar-refractivity contribution in [3.63, 3.8) is 0 Å². The maximum atomic E-state index is 11.9. The van der Waals surface area contributed by atoms with Crippen molar-refractivity contribution < 1.29 is 4.79 Å². The quantitative estimate of drug-likeness (QED) is 0.787. The molecule has 0 radical (unpaired) electrons. The van der Waals surface area contributed by atoms with Gasteiger partial charge in [-0.25, -0.2) is 0 Å². The summed E-state index contributed by atoms with van der Waals surface area (Å²) in [6, 6.07) is 0.529. The van der Waals surface area contributed by atoms with Crippen molar-refractivity contribution in [1.82, 2.24) is 10.2 Å². The van der Waals surface area contributed by atoms with E-state index in [2.05, 4.69) is 24.1 Å². The van der Waals surface area contributed by atoms with Gasteiger partial charge in [-0.15, -0.1) is 0 Å². The predicted octanol–water partition coefficient (Wildman–Crippen LogP) is 2.41. The second kappa shape index (κ2) is 6.55. The third kappa shape index (κ3) is 3.47. The molecule has 0 aromatic heterocycles. The second-order valence-corrected chi connectivity index (χ2v) is 6.21. The largest absolute Gasteiger partial charge is 0.341 e. The minimum absolute atomic E-state index is 0.365. The van der Waals surface area contributed by atoms with Crippen molar-refractivity contribution in [3.05, 3.63) is 0 Å². The van der Waals surface area contributed by atoms with Crippen LogP contribution in [0.25, 0.3) is 0 Å². The number of hydrogen-bond donors (Lipinski definition) is 1. The Labute approximate surface area is 111 Å². The molecule has 0 bridgehead atoms. The number of nitrogens with one attached hydrogen (secondary N) is 1. The summed E-state index contributed by atoms with van der Waals surface area (Å²) in [4.78, 5) is 14.0. The van der Waals surface area contributed by atoms with Gasteiger partial charge in [0, 0.05) is 25.6 Å². The molecular formula is C15H28N2O. The second-order valence-electron chi connectivity index (χ2n) is 6.21. The zero-order valence-corrected chi connectivity index (χ0v) is 12.0. The summed E-state index contributed by atoms with van der Waals surface area (Å²) < 4.78 is 0. The Balaban J connectivity index is 1.89. The Bertz CT molecular complexity index is 274. The maximum absolute atomic E-state index is 11.9. The third-order valence-electron chi connectivity index (χ3n) is 4.45. The van der Waals surface area contributed by atoms with E-state index >= 15 is 0 Å². The molecule has 0 spiro atoms. The van der Waals surface area contributed by atoms with Gasteiger partial charge in [-0.3, -0.25) is 4.79 Å². The van der Waals surface area contributed by atoms with Crippen LogP contribution < -0.4 is 5.32 Å². The van der Waals surface area contributed by atoms with Gasteiger partial charge in [-0.2, -0.15) is 0 Å². The minimum Gasteiger partial charge on any atom is -0.341 e. The zero-order chi connectivity index (χ0) is 13.0. The minimum atomic E-state index is 0.365. The van der Waals surface area contributed by atoms with Crippen molar-refractivity contribution >= 4 is 5.91 Å². The Kier molecular flexibility index (Phi) is 5.04. The summed E-state index contributed by atoms with van der Waals surface area (Å²) >= 11 is 0. The summed E-state index contributed by atoms with van der Waals surface area (Å²) in [5, 5.41) is 3.68. The molecule has 1 saturated carbocycles. The van der Waals surface area contributed by atoms with Gasteiger partial charge < -0.3 is 10.2 Å². The van der Waals surface area contributed by atoms with Crippen LogP contribution in [0.3, 0.4) is 0 Å². The normalized spacial score (nSPS) is 27.1. The first kappa shape index (κ1) is 13.9. The fraction of sp³-hybridized carbons (Fsp3) is 0.933. The molecule has 3 nitrogen and oxygen atoms in total. The first-order chi connectivity index (χ1) is 8.70. The van der Waals surface area contributed by atoms with Crippen LogP contribution in [0, 0.1) is 11.8 Å². The molecule has 0 aromatic rings. The fourth-order valence-corrected chi connectivity index (χ4v) is 3.45. The van der Waals surface area contributed by atoms with E-state index in [0.29, 0.717) is 17.9 Å². The number of carbonyl (C=O) groups is 1. The highest BCUT2D eigenvalue weighted by atomic mass is 16.2. The van der Waals surface area contributed by atoms with Crippen molar-refractivity contribution in [3.8, 4) is 0 Å². The van der Waals surface area contributed by atoms with Crippen molar-refractivity contribution in [2.75, 3.05) is 19.6 Å². The fourth-order valence-electron chi connectivity index (χ4n) is 3.45. The molecule has 2 rings (SSSR count). The molecule has 3 heteroatoms. The molecule has 1 aliphatic heterocycles. The van der Waals surface area contributed by atoms with E-state index in [1.54, 1.807) is 0 Å². The van der Waals surface area contributed by atoms with Crippen molar-refractivity contribution in [1.29, 1.82) is 0 Å². The third-order valence-corrected chi connectivity index (χ3v) is 4.45. The molecule has 18 heavy (non-hydrogen) atoms. The summed E-state index contributed by atoms with van der Waals surface area (Å²) in [6.07, 6.45) is 7.37. The number of amides is 1. The van der Waals surface area contributed by atoms with Gasteiger partial charge in [0.05, 0.1) is 0 Å². The molecule has 1 amide bonds. The average molecular weight is 252 g/mol. The van der Waals surface area contributed by atoms with Gasteiger partial charge >= 0.3 is 0 Å². The molecule has 2 fully saturated rings. The van der Waals surface area contributed by atoms with E-state index in [1.165, 1.54) is 32.1 Å². The number of nitrogens with zero attached hydrogens (tertiary/aromatic N) is 1. The van der Waals surface area contributed by atoms with Crippen LogP contribution in [0.1, 0.15) is 52.4 Å². The van der Waals surface area contributed by atoms with Crippen LogP contribution in [-0.4, -0.2) is 36.5 Å². The van der Waals surface area contributed by atoms with E-state index in [4.69, 9.17) is 0 Å². The van der Waals surface area contributed by atoms with Crippen LogP contribution >= 0.6 is 0 Å². The summed E-state index contributed by atoms with van der Waals surface area (Å²) in [5.41, 5.74) is 0. The smallest absolute Gasteiger partial charge is 0.222 e. The standard InChI is InChI=1S/C15H28N2O/c1-3-8-16-14(13-6-4-5-7-13)11-17-10-12(2)9-15(17)18/h12-14,16H,3-11H2,1-2H3. The van der Waals surface area contributed by atoms with Gasteiger partial charge in [-0.05, 0) is 37.6 Å². The highest BCUT2D eigenvalue weighted by molar-refractivity contribution is 5.78. The topological polar surface area (TPSA) is 32.3 Å². The van der Waals surface area contributed by atoms with Gasteiger partial charge in [0.1, 0.15) is 0 Å². The first-order valence-corrected chi connectivity index (χ1v) is 7.72. The first-order valence-electron chi connectivity index (χ1n) is 7.72. The van der Waals surface area contributed by atoms with E-state index < -0.39 is 0 Å². The number of likely N-dealkylation sites (tertiary alicyclic amines) is 1. The number of carbonyl (C=O) groups excluding carboxylic acids is 1. The molecule has 1 N–H and O–H groups in total. The molecule has 1 saturated heterocycles. The molecule has 2 aliphatic rings. The molecule has 104 valence electrons. The van der Waals surface area contributed by atoms with Gasteiger partial charge in [0.25, 0.3) is 0 Å². The Morgan fingerprint density at radius 2 is 2.11 bits per heavy atom. The lowest BCUT2D eigenvalue weighted by molar-refractivity contribution is -0.128. The predicted molar refractivity (Wildman–Crippen MR) is 74.4 cm³/mol. The highest BCUT2D eigenvalue weighted by Crippen LogP contribution is 2.29. The lowest BCUT2D eigenvalue weighted by Crippen LogP contribution is -2.45. The van der Waals surface area contributed by atoms with Crippen molar-refractivity contribution in [2.24, 2.45) is 11.8 Å². The van der Waals surface area contributed by atoms with Crippen molar-refractivity contribution in [2.45, 2.75) is 58.4 Å². The van der Waals surface area contributed by atoms with E-state index in [0.717, 1.165) is 32.0 Å². The summed E-state index contributed by atoms with van der Waals surface area (Å²) in [7, 11) is 0. The Morgan fingerprint density at radius 3 is 2.67 bits per heavy atom. The Hall–Kier alpha value is -0.570.